The Kier molecular flexibility index (Phi) is 2.24. The molecule has 2 bridgehead atoms. The second kappa shape index (κ2) is 3.17. The van der Waals surface area contributed by atoms with Crippen LogP contribution in [-0.2, 0) is 14.3 Å². The number of fused-ring (bicyclic) bond motifs is 3. The molecule has 3 unspecified atom stereocenters. The Balaban J connectivity index is 2.47. The molecule has 3 aliphatic rings. The van der Waals surface area contributed by atoms with Crippen LogP contribution in [0.25, 0.3) is 0 Å². The van der Waals surface area contributed by atoms with Gasteiger partial charge in [-0.2, -0.15) is 0 Å². The van der Waals surface area contributed by atoms with Crippen LogP contribution in [0, 0.1) is 5.92 Å². The first-order valence-corrected chi connectivity index (χ1v) is 5.01. The zero-order chi connectivity index (χ0) is 10.3. The lowest BCUT2D eigenvalue weighted by atomic mass is 9.86. The Hall–Kier alpha value is -0.670. The summed E-state index contributed by atoms with van der Waals surface area (Å²) in [4.78, 5) is 23.4. The van der Waals surface area contributed by atoms with Crippen LogP contribution in [0.2, 0.25) is 0 Å². The van der Waals surface area contributed by atoms with Crippen LogP contribution in [-0.4, -0.2) is 29.7 Å². The highest BCUT2D eigenvalue weighted by Crippen LogP contribution is 2.37. The molecule has 0 saturated heterocycles. The van der Waals surface area contributed by atoms with E-state index in [4.69, 9.17) is 16.3 Å². The third kappa shape index (κ3) is 1.16. The largest absolute Gasteiger partial charge is 0.366 e. The molecular formula is C10H11ClO3. The summed E-state index contributed by atoms with van der Waals surface area (Å²) in [6.45, 7) is 0. The Bertz CT molecular complexity index is 323. The monoisotopic (exact) mass is 214 g/mol. The van der Waals surface area contributed by atoms with Gasteiger partial charge in [-0.15, -0.1) is 11.6 Å². The quantitative estimate of drug-likeness (QED) is 0.373. The molecule has 0 amide bonds. The first-order chi connectivity index (χ1) is 6.60. The average Bonchev–Trinajstić information content (AvgIpc) is 2.38. The number of Topliss-reactive ketones (excluding diaryl/α,β-unsaturated/α-hetero) is 2. The molecule has 0 spiro atoms. The van der Waals surface area contributed by atoms with Gasteiger partial charge in [0.1, 0.15) is 5.60 Å². The first-order valence-electron chi connectivity index (χ1n) is 4.57. The van der Waals surface area contributed by atoms with Gasteiger partial charge in [0.25, 0.3) is 0 Å². The van der Waals surface area contributed by atoms with Crippen molar-refractivity contribution in [3.8, 4) is 0 Å². The first kappa shape index (κ1) is 9.87. The van der Waals surface area contributed by atoms with Gasteiger partial charge in [-0.1, -0.05) is 6.08 Å². The molecule has 3 aliphatic carbocycles. The maximum Gasteiger partial charge on any atom is 0.193 e. The molecule has 0 aliphatic heterocycles. The molecule has 0 N–H and O–H groups in total. The number of halogens is 1. The van der Waals surface area contributed by atoms with E-state index < -0.39 is 11.0 Å². The van der Waals surface area contributed by atoms with Crippen molar-refractivity contribution in [1.82, 2.24) is 0 Å². The number of allylic oxidation sites excluding steroid dienone is 1. The third-order valence-corrected chi connectivity index (χ3v) is 3.46. The van der Waals surface area contributed by atoms with Gasteiger partial charge in [-0.25, -0.2) is 0 Å². The summed E-state index contributed by atoms with van der Waals surface area (Å²) in [5, 5.41) is -1.04. The van der Waals surface area contributed by atoms with E-state index in [9.17, 15) is 9.59 Å². The molecule has 0 aromatic heterocycles. The highest BCUT2D eigenvalue weighted by Gasteiger charge is 2.49. The fraction of sp³-hybridized carbons (Fsp3) is 0.600. The standard InChI is InChI=1S/C10H11ClO3/c1-14-10-4-2-6(3-5-10)8(12)7(11)9(10)13/h2,4,6-7H,3,5H2,1H3. The van der Waals surface area contributed by atoms with E-state index >= 15 is 0 Å². The van der Waals surface area contributed by atoms with Crippen LogP contribution in [0.3, 0.4) is 0 Å². The number of methoxy groups -OCH3 is 1. The van der Waals surface area contributed by atoms with Crippen LogP contribution < -0.4 is 0 Å². The van der Waals surface area contributed by atoms with E-state index in [1.165, 1.54) is 7.11 Å². The van der Waals surface area contributed by atoms with Gasteiger partial charge < -0.3 is 4.74 Å². The van der Waals surface area contributed by atoms with Crippen molar-refractivity contribution in [2.45, 2.75) is 23.8 Å². The van der Waals surface area contributed by atoms with Crippen molar-refractivity contribution >= 4 is 23.2 Å². The normalized spacial score (nSPS) is 41.6. The minimum Gasteiger partial charge on any atom is -0.366 e. The minimum absolute atomic E-state index is 0.190. The Morgan fingerprint density at radius 1 is 1.57 bits per heavy atom. The van der Waals surface area contributed by atoms with E-state index in [0.29, 0.717) is 12.8 Å². The second-order valence-corrected chi connectivity index (χ2v) is 4.16. The number of hydrogen-bond acceptors (Lipinski definition) is 3. The fourth-order valence-corrected chi connectivity index (χ4v) is 2.41. The predicted molar refractivity (Wildman–Crippen MR) is 51.3 cm³/mol. The SMILES string of the molecule is COC12C=CC(CC1)C(=O)C(Cl)C2=O. The maximum atomic E-state index is 11.8. The van der Waals surface area contributed by atoms with Crippen molar-refractivity contribution in [3.05, 3.63) is 12.2 Å². The van der Waals surface area contributed by atoms with Crippen LogP contribution in [0.1, 0.15) is 12.8 Å². The van der Waals surface area contributed by atoms with Crippen molar-refractivity contribution in [2.75, 3.05) is 7.11 Å². The molecule has 3 atom stereocenters. The molecule has 0 aromatic carbocycles. The molecule has 3 nitrogen and oxygen atoms in total. The summed E-state index contributed by atoms with van der Waals surface area (Å²) in [5.41, 5.74) is -0.949. The number of carbonyl (C=O) groups is 2. The fourth-order valence-electron chi connectivity index (χ4n) is 2.07. The molecule has 14 heavy (non-hydrogen) atoms. The smallest absolute Gasteiger partial charge is 0.193 e. The van der Waals surface area contributed by atoms with Gasteiger partial charge in [-0.3, -0.25) is 9.59 Å². The molecular weight excluding hydrogens is 204 g/mol. The zero-order valence-electron chi connectivity index (χ0n) is 7.83. The molecule has 4 heteroatoms. The highest BCUT2D eigenvalue weighted by molar-refractivity contribution is 6.44. The van der Waals surface area contributed by atoms with E-state index in [2.05, 4.69) is 0 Å². The lowest BCUT2D eigenvalue weighted by Gasteiger charge is -2.28. The van der Waals surface area contributed by atoms with Crippen LogP contribution in [0.5, 0.6) is 0 Å². The van der Waals surface area contributed by atoms with Crippen LogP contribution in [0.4, 0.5) is 0 Å². The summed E-state index contributed by atoms with van der Waals surface area (Å²) >= 11 is 5.80. The summed E-state index contributed by atoms with van der Waals surface area (Å²) in [6.07, 6.45) is 4.63. The summed E-state index contributed by atoms with van der Waals surface area (Å²) in [7, 11) is 1.47. The van der Waals surface area contributed by atoms with E-state index in [1.807, 2.05) is 0 Å². The molecule has 0 aromatic rings. The molecule has 3 rings (SSSR count). The molecule has 0 radical (unpaired) electrons. The maximum absolute atomic E-state index is 11.8. The lowest BCUT2D eigenvalue weighted by Crippen LogP contribution is -2.43. The van der Waals surface area contributed by atoms with E-state index in [-0.39, 0.29) is 17.5 Å². The summed E-state index contributed by atoms with van der Waals surface area (Å²) in [5.74, 6) is -0.709. The third-order valence-electron chi connectivity index (χ3n) is 3.05. The number of hydrogen-bond donors (Lipinski definition) is 0. The Labute approximate surface area is 87.1 Å². The van der Waals surface area contributed by atoms with Crippen molar-refractivity contribution in [3.63, 3.8) is 0 Å². The Morgan fingerprint density at radius 3 is 2.79 bits per heavy atom. The molecule has 0 heterocycles. The van der Waals surface area contributed by atoms with Gasteiger partial charge in [-0.05, 0) is 18.9 Å². The number of ether oxygens (including phenoxy) is 1. The number of rotatable bonds is 1. The van der Waals surface area contributed by atoms with E-state index in [0.717, 1.165) is 0 Å². The van der Waals surface area contributed by atoms with Gasteiger partial charge in [0, 0.05) is 13.0 Å². The Morgan fingerprint density at radius 2 is 2.29 bits per heavy atom. The van der Waals surface area contributed by atoms with Crippen molar-refractivity contribution in [1.29, 1.82) is 0 Å². The minimum atomic E-state index is -1.04. The van der Waals surface area contributed by atoms with Gasteiger partial charge in [0.15, 0.2) is 16.9 Å². The summed E-state index contributed by atoms with van der Waals surface area (Å²) in [6, 6.07) is 0. The second-order valence-electron chi connectivity index (χ2n) is 3.73. The van der Waals surface area contributed by atoms with Crippen LogP contribution in [0.15, 0.2) is 12.2 Å². The molecule has 1 saturated carbocycles. The molecule has 76 valence electrons. The number of alkyl halides is 1. The topological polar surface area (TPSA) is 43.4 Å². The van der Waals surface area contributed by atoms with Gasteiger partial charge in [0.2, 0.25) is 0 Å². The van der Waals surface area contributed by atoms with Gasteiger partial charge >= 0.3 is 0 Å². The highest BCUT2D eigenvalue weighted by atomic mass is 35.5. The zero-order valence-corrected chi connectivity index (χ0v) is 8.58. The van der Waals surface area contributed by atoms with Crippen molar-refractivity contribution in [2.24, 2.45) is 5.92 Å². The van der Waals surface area contributed by atoms with E-state index in [1.54, 1.807) is 12.2 Å². The predicted octanol–water partition coefficient (Wildman–Crippen LogP) is 1.10. The number of ketones is 2. The summed E-state index contributed by atoms with van der Waals surface area (Å²) < 4.78 is 5.20. The van der Waals surface area contributed by atoms with Crippen LogP contribution >= 0.6 is 11.6 Å². The number of carbonyl (C=O) groups excluding carboxylic acids is 2. The van der Waals surface area contributed by atoms with Gasteiger partial charge in [0.05, 0.1) is 0 Å². The lowest BCUT2D eigenvalue weighted by molar-refractivity contribution is -0.137. The average molecular weight is 215 g/mol. The molecule has 1 fully saturated rings. The van der Waals surface area contributed by atoms with Crippen molar-refractivity contribution < 1.29 is 14.3 Å².